The summed E-state index contributed by atoms with van der Waals surface area (Å²) in [5.74, 6) is 0.978. The van der Waals surface area contributed by atoms with Gasteiger partial charge in [-0.15, -0.1) is 0 Å². The van der Waals surface area contributed by atoms with E-state index in [-0.39, 0.29) is 11.4 Å². The standard InChI is InChI=1S/C14H23NOS/c1-10-6-5-7-13(8-10)14(15-4)9-17-12(3)11(2)16/h5-8,11-12,14-16H,9H2,1-4H3. The molecule has 1 aromatic carbocycles. The van der Waals surface area contributed by atoms with Crippen molar-refractivity contribution in [3.63, 3.8) is 0 Å². The second kappa shape index (κ2) is 7.04. The molecule has 0 amide bonds. The molecule has 0 fully saturated rings. The van der Waals surface area contributed by atoms with E-state index in [0.717, 1.165) is 5.75 Å². The quantitative estimate of drug-likeness (QED) is 0.817. The average Bonchev–Trinajstić information content (AvgIpc) is 2.29. The van der Waals surface area contributed by atoms with E-state index < -0.39 is 0 Å². The summed E-state index contributed by atoms with van der Waals surface area (Å²) >= 11 is 1.81. The summed E-state index contributed by atoms with van der Waals surface area (Å²) in [6.45, 7) is 6.03. The number of aliphatic hydroxyl groups is 1. The first kappa shape index (κ1) is 14.6. The van der Waals surface area contributed by atoms with E-state index in [1.54, 1.807) is 11.8 Å². The number of rotatable bonds is 6. The van der Waals surface area contributed by atoms with Crippen LogP contribution in [0.5, 0.6) is 0 Å². The first-order valence-electron chi connectivity index (χ1n) is 6.08. The molecular formula is C14H23NOS. The van der Waals surface area contributed by atoms with Crippen molar-refractivity contribution < 1.29 is 5.11 Å². The van der Waals surface area contributed by atoms with Crippen LogP contribution in [0.15, 0.2) is 24.3 Å². The van der Waals surface area contributed by atoms with Gasteiger partial charge in [0.1, 0.15) is 0 Å². The van der Waals surface area contributed by atoms with E-state index in [0.29, 0.717) is 6.04 Å². The highest BCUT2D eigenvalue weighted by molar-refractivity contribution is 7.99. The number of hydrogen-bond acceptors (Lipinski definition) is 3. The number of benzene rings is 1. The maximum Gasteiger partial charge on any atom is 0.0628 e. The first-order valence-corrected chi connectivity index (χ1v) is 7.13. The van der Waals surface area contributed by atoms with Gasteiger partial charge in [-0.1, -0.05) is 36.8 Å². The van der Waals surface area contributed by atoms with Crippen LogP contribution in [0.4, 0.5) is 0 Å². The number of aryl methyl sites for hydroxylation is 1. The maximum atomic E-state index is 9.48. The molecule has 0 bridgehead atoms. The van der Waals surface area contributed by atoms with Crippen LogP contribution in [0.3, 0.4) is 0 Å². The molecule has 3 heteroatoms. The number of nitrogens with one attached hydrogen (secondary N) is 1. The Bertz CT molecular complexity index is 341. The van der Waals surface area contributed by atoms with Crippen LogP contribution in [0.25, 0.3) is 0 Å². The normalized spacial score (nSPS) is 16.5. The van der Waals surface area contributed by atoms with Crippen molar-refractivity contribution in [2.24, 2.45) is 0 Å². The fraction of sp³-hybridized carbons (Fsp3) is 0.571. The third-order valence-corrected chi connectivity index (χ3v) is 4.44. The van der Waals surface area contributed by atoms with E-state index in [9.17, 15) is 5.11 Å². The molecule has 0 radical (unpaired) electrons. The summed E-state index contributed by atoms with van der Waals surface area (Å²) in [6.07, 6.45) is -0.255. The molecule has 0 aliphatic carbocycles. The lowest BCUT2D eigenvalue weighted by molar-refractivity contribution is 0.196. The summed E-state index contributed by atoms with van der Waals surface area (Å²) in [7, 11) is 1.99. The smallest absolute Gasteiger partial charge is 0.0628 e. The summed E-state index contributed by atoms with van der Waals surface area (Å²) in [5.41, 5.74) is 2.61. The largest absolute Gasteiger partial charge is 0.392 e. The number of aliphatic hydroxyl groups excluding tert-OH is 1. The van der Waals surface area contributed by atoms with Gasteiger partial charge in [0.05, 0.1) is 6.10 Å². The molecule has 1 rings (SSSR count). The van der Waals surface area contributed by atoms with Gasteiger partial charge in [0.15, 0.2) is 0 Å². The molecule has 17 heavy (non-hydrogen) atoms. The van der Waals surface area contributed by atoms with Gasteiger partial charge in [0, 0.05) is 17.0 Å². The Labute approximate surface area is 109 Å². The van der Waals surface area contributed by atoms with Crippen molar-refractivity contribution in [3.05, 3.63) is 35.4 Å². The SMILES string of the molecule is CNC(CSC(C)C(C)O)c1cccc(C)c1. The van der Waals surface area contributed by atoms with Gasteiger partial charge in [-0.05, 0) is 26.5 Å². The monoisotopic (exact) mass is 253 g/mol. The van der Waals surface area contributed by atoms with Crippen LogP contribution in [-0.2, 0) is 0 Å². The molecule has 0 aliphatic rings. The molecule has 1 aromatic rings. The van der Waals surface area contributed by atoms with Crippen LogP contribution in [0.1, 0.15) is 31.0 Å². The lowest BCUT2D eigenvalue weighted by atomic mass is 10.1. The highest BCUT2D eigenvalue weighted by atomic mass is 32.2. The third-order valence-electron chi connectivity index (χ3n) is 3.00. The Balaban J connectivity index is 2.60. The zero-order valence-electron chi connectivity index (χ0n) is 11.1. The predicted molar refractivity (Wildman–Crippen MR) is 76.6 cm³/mol. The van der Waals surface area contributed by atoms with Crippen molar-refractivity contribution in [1.29, 1.82) is 0 Å². The van der Waals surface area contributed by atoms with Gasteiger partial charge < -0.3 is 10.4 Å². The number of hydrogen-bond donors (Lipinski definition) is 2. The van der Waals surface area contributed by atoms with E-state index in [1.807, 2.05) is 14.0 Å². The second-order valence-electron chi connectivity index (χ2n) is 4.53. The Morgan fingerprint density at radius 1 is 1.35 bits per heavy atom. The van der Waals surface area contributed by atoms with Gasteiger partial charge in [0.2, 0.25) is 0 Å². The molecule has 0 saturated carbocycles. The molecule has 2 N–H and O–H groups in total. The van der Waals surface area contributed by atoms with Crippen LogP contribution < -0.4 is 5.32 Å². The highest BCUT2D eigenvalue weighted by Crippen LogP contribution is 2.23. The molecule has 0 aromatic heterocycles. The molecule has 2 nitrogen and oxygen atoms in total. The topological polar surface area (TPSA) is 32.3 Å². The minimum absolute atomic E-state index is 0.255. The predicted octanol–water partition coefficient (Wildman–Crippen LogP) is 2.76. The van der Waals surface area contributed by atoms with Gasteiger partial charge in [-0.25, -0.2) is 0 Å². The van der Waals surface area contributed by atoms with E-state index in [2.05, 4.69) is 43.4 Å². The first-order chi connectivity index (χ1) is 8.04. The summed E-state index contributed by atoms with van der Waals surface area (Å²) in [4.78, 5) is 0. The molecule has 3 atom stereocenters. The Hall–Kier alpha value is -0.510. The van der Waals surface area contributed by atoms with Crippen molar-refractivity contribution >= 4 is 11.8 Å². The van der Waals surface area contributed by atoms with E-state index in [4.69, 9.17) is 0 Å². The van der Waals surface area contributed by atoms with Crippen LogP contribution in [0, 0.1) is 6.92 Å². The fourth-order valence-electron chi connectivity index (χ4n) is 1.62. The molecule has 3 unspecified atom stereocenters. The minimum atomic E-state index is -0.255. The van der Waals surface area contributed by atoms with Crippen LogP contribution in [-0.4, -0.2) is 29.3 Å². The molecule has 0 aliphatic heterocycles. The molecule has 0 saturated heterocycles. The van der Waals surface area contributed by atoms with Crippen LogP contribution >= 0.6 is 11.8 Å². The Morgan fingerprint density at radius 3 is 2.59 bits per heavy atom. The zero-order valence-corrected chi connectivity index (χ0v) is 11.9. The summed E-state index contributed by atoms with van der Waals surface area (Å²) in [6, 6.07) is 8.93. The molecule has 96 valence electrons. The van der Waals surface area contributed by atoms with Gasteiger partial charge >= 0.3 is 0 Å². The minimum Gasteiger partial charge on any atom is -0.392 e. The van der Waals surface area contributed by atoms with Crippen molar-refractivity contribution in [1.82, 2.24) is 5.32 Å². The lowest BCUT2D eigenvalue weighted by Gasteiger charge is -2.20. The maximum absolute atomic E-state index is 9.48. The van der Waals surface area contributed by atoms with E-state index >= 15 is 0 Å². The third kappa shape index (κ3) is 4.70. The molecule has 0 spiro atoms. The Kier molecular flexibility index (Phi) is 6.03. The van der Waals surface area contributed by atoms with Crippen molar-refractivity contribution in [2.75, 3.05) is 12.8 Å². The highest BCUT2D eigenvalue weighted by Gasteiger charge is 2.14. The fourth-order valence-corrected chi connectivity index (χ4v) is 2.75. The zero-order chi connectivity index (χ0) is 12.8. The van der Waals surface area contributed by atoms with Gasteiger partial charge in [0.25, 0.3) is 0 Å². The second-order valence-corrected chi connectivity index (χ2v) is 5.94. The average molecular weight is 253 g/mol. The van der Waals surface area contributed by atoms with Crippen molar-refractivity contribution in [3.8, 4) is 0 Å². The van der Waals surface area contributed by atoms with Gasteiger partial charge in [-0.3, -0.25) is 0 Å². The lowest BCUT2D eigenvalue weighted by Crippen LogP contribution is -2.22. The van der Waals surface area contributed by atoms with Gasteiger partial charge in [-0.2, -0.15) is 11.8 Å². The van der Waals surface area contributed by atoms with E-state index in [1.165, 1.54) is 11.1 Å². The summed E-state index contributed by atoms with van der Waals surface area (Å²) < 4.78 is 0. The Morgan fingerprint density at radius 2 is 2.06 bits per heavy atom. The molecule has 0 heterocycles. The van der Waals surface area contributed by atoms with Crippen molar-refractivity contribution in [2.45, 2.75) is 38.2 Å². The molecular weight excluding hydrogens is 230 g/mol. The summed E-state index contributed by atoms with van der Waals surface area (Å²) in [5, 5.41) is 13.1. The number of thioether (sulfide) groups is 1. The van der Waals surface area contributed by atoms with Crippen LogP contribution in [0.2, 0.25) is 0 Å².